The van der Waals surface area contributed by atoms with E-state index in [9.17, 15) is 24.5 Å². The molecule has 194 valence electrons. The van der Waals surface area contributed by atoms with E-state index in [1.54, 1.807) is 48.5 Å². The summed E-state index contributed by atoms with van der Waals surface area (Å²) in [6.07, 6.45) is 1.38. The summed E-state index contributed by atoms with van der Waals surface area (Å²) in [5, 5.41) is 14.5. The summed E-state index contributed by atoms with van der Waals surface area (Å²) < 4.78 is 5.06. The van der Waals surface area contributed by atoms with E-state index in [0.29, 0.717) is 38.7 Å². The standard InChI is InChI=1S/C25H17Cl2N3O6S2/c1-36-20-8-5-16(12-18(20)27)28-23(31)13-29-24(32)22(38-25(29)33)11-14-2-9-21(19(10-14)30(34)35)37-17-6-3-15(26)4-7-17/h2-12H,13H2,1H3,(H,28,31)/b22-11-. The predicted molar refractivity (Wildman–Crippen MR) is 148 cm³/mol. The van der Waals surface area contributed by atoms with Crippen molar-refractivity contribution in [3.8, 4) is 5.75 Å². The third-order valence-corrected chi connectivity index (χ3v) is 7.66. The Labute approximate surface area is 235 Å². The Morgan fingerprint density at radius 3 is 2.53 bits per heavy atom. The number of rotatable bonds is 8. The first-order chi connectivity index (χ1) is 18.1. The molecule has 1 N–H and O–H groups in total. The third-order valence-electron chi connectivity index (χ3n) is 5.13. The fourth-order valence-electron chi connectivity index (χ4n) is 3.36. The topological polar surface area (TPSA) is 119 Å². The summed E-state index contributed by atoms with van der Waals surface area (Å²) in [6.45, 7) is -0.511. The van der Waals surface area contributed by atoms with Gasteiger partial charge in [0.25, 0.3) is 16.8 Å². The molecule has 1 aliphatic heterocycles. The minimum Gasteiger partial charge on any atom is -0.495 e. The third kappa shape index (κ3) is 6.48. The number of imide groups is 1. The van der Waals surface area contributed by atoms with Crippen LogP contribution in [0.2, 0.25) is 10.0 Å². The lowest BCUT2D eigenvalue weighted by Gasteiger charge is -2.13. The van der Waals surface area contributed by atoms with Crippen LogP contribution in [0.1, 0.15) is 5.56 Å². The number of halogens is 2. The Morgan fingerprint density at radius 2 is 1.87 bits per heavy atom. The van der Waals surface area contributed by atoms with E-state index in [1.807, 2.05) is 0 Å². The molecule has 13 heteroatoms. The van der Waals surface area contributed by atoms with Crippen molar-refractivity contribution in [3.05, 3.63) is 91.3 Å². The van der Waals surface area contributed by atoms with Crippen molar-refractivity contribution < 1.29 is 24.0 Å². The molecular formula is C25H17Cl2N3O6S2. The average Bonchev–Trinajstić information content (AvgIpc) is 3.13. The van der Waals surface area contributed by atoms with Crippen LogP contribution in [0.25, 0.3) is 6.08 Å². The molecule has 0 radical (unpaired) electrons. The van der Waals surface area contributed by atoms with Crippen LogP contribution in [0.4, 0.5) is 16.2 Å². The number of nitrogens with one attached hydrogen (secondary N) is 1. The van der Waals surface area contributed by atoms with Gasteiger partial charge in [-0.3, -0.25) is 29.4 Å². The number of hydrogen-bond donors (Lipinski definition) is 1. The summed E-state index contributed by atoms with van der Waals surface area (Å²) in [6, 6.07) is 16.0. The SMILES string of the molecule is COc1ccc(NC(=O)CN2C(=O)S/C(=C\c3ccc(Sc4ccc(Cl)cc4)c([N+](=O)[O-])c3)C2=O)cc1Cl. The van der Waals surface area contributed by atoms with Crippen LogP contribution in [-0.2, 0) is 9.59 Å². The Bertz CT molecular complexity index is 1480. The van der Waals surface area contributed by atoms with E-state index in [0.717, 1.165) is 9.80 Å². The molecular weight excluding hydrogens is 573 g/mol. The molecule has 0 atom stereocenters. The number of carbonyl (C=O) groups is 3. The molecule has 3 aromatic rings. The number of anilines is 1. The second kappa shape index (κ2) is 11.9. The lowest BCUT2D eigenvalue weighted by Crippen LogP contribution is -2.36. The molecule has 0 aromatic heterocycles. The maximum Gasteiger partial charge on any atom is 0.294 e. The summed E-state index contributed by atoms with van der Waals surface area (Å²) in [5.41, 5.74) is 0.572. The fourth-order valence-corrected chi connectivity index (χ4v) is 5.48. The fraction of sp³-hybridized carbons (Fsp3) is 0.0800. The van der Waals surface area contributed by atoms with Crippen LogP contribution >= 0.6 is 46.7 Å². The lowest BCUT2D eigenvalue weighted by atomic mass is 10.2. The quantitative estimate of drug-likeness (QED) is 0.174. The van der Waals surface area contributed by atoms with Crippen molar-refractivity contribution in [2.24, 2.45) is 0 Å². The first-order valence-corrected chi connectivity index (χ1v) is 13.1. The maximum absolute atomic E-state index is 12.8. The predicted octanol–water partition coefficient (Wildman–Crippen LogP) is 6.74. The maximum atomic E-state index is 12.8. The molecule has 0 saturated carbocycles. The van der Waals surface area contributed by atoms with Gasteiger partial charge >= 0.3 is 0 Å². The van der Waals surface area contributed by atoms with Crippen LogP contribution < -0.4 is 10.1 Å². The number of hydrogen-bond acceptors (Lipinski definition) is 8. The number of nitro benzene ring substituents is 1. The van der Waals surface area contributed by atoms with E-state index in [-0.39, 0.29) is 15.6 Å². The number of thioether (sulfide) groups is 1. The average molecular weight is 590 g/mol. The molecule has 1 aliphatic rings. The second-order valence-corrected chi connectivity index (χ2v) is 10.7. The smallest absolute Gasteiger partial charge is 0.294 e. The van der Waals surface area contributed by atoms with Crippen molar-refractivity contribution in [3.63, 3.8) is 0 Å². The van der Waals surface area contributed by atoms with Gasteiger partial charge in [-0.25, -0.2) is 0 Å². The summed E-state index contributed by atoms with van der Waals surface area (Å²) >= 11 is 13.8. The molecule has 1 fully saturated rings. The Balaban J connectivity index is 1.48. The Hall–Kier alpha value is -3.51. The number of amides is 3. The van der Waals surface area contributed by atoms with Crippen LogP contribution in [0.5, 0.6) is 5.75 Å². The highest BCUT2D eigenvalue weighted by molar-refractivity contribution is 8.18. The summed E-state index contributed by atoms with van der Waals surface area (Å²) in [4.78, 5) is 51.0. The van der Waals surface area contributed by atoms with Crippen molar-refractivity contribution >= 4 is 81.2 Å². The molecule has 0 bridgehead atoms. The lowest BCUT2D eigenvalue weighted by molar-refractivity contribution is -0.387. The highest BCUT2D eigenvalue weighted by Gasteiger charge is 2.36. The molecule has 0 aliphatic carbocycles. The van der Waals surface area contributed by atoms with Crippen molar-refractivity contribution in [1.29, 1.82) is 0 Å². The van der Waals surface area contributed by atoms with Crippen molar-refractivity contribution in [2.45, 2.75) is 9.79 Å². The van der Waals surface area contributed by atoms with Gasteiger partial charge in [0.05, 0.1) is 26.9 Å². The van der Waals surface area contributed by atoms with Gasteiger partial charge in [-0.05, 0) is 71.9 Å². The zero-order valence-electron chi connectivity index (χ0n) is 19.5. The molecule has 3 amide bonds. The Kier molecular flexibility index (Phi) is 8.62. The van der Waals surface area contributed by atoms with Crippen LogP contribution in [0.15, 0.2) is 75.4 Å². The number of benzene rings is 3. The zero-order chi connectivity index (χ0) is 27.4. The molecule has 1 saturated heterocycles. The van der Waals surface area contributed by atoms with Gasteiger partial charge in [0.1, 0.15) is 12.3 Å². The molecule has 3 aromatic carbocycles. The van der Waals surface area contributed by atoms with E-state index in [1.165, 1.54) is 37.1 Å². The highest BCUT2D eigenvalue weighted by Crippen LogP contribution is 2.38. The monoisotopic (exact) mass is 589 g/mol. The largest absolute Gasteiger partial charge is 0.495 e. The number of ether oxygens (including phenoxy) is 1. The minimum absolute atomic E-state index is 0.0442. The number of nitrogens with zero attached hydrogens (tertiary/aromatic N) is 2. The van der Waals surface area contributed by atoms with E-state index >= 15 is 0 Å². The molecule has 0 spiro atoms. The van der Waals surface area contributed by atoms with E-state index in [4.69, 9.17) is 27.9 Å². The van der Waals surface area contributed by atoms with Crippen molar-refractivity contribution in [2.75, 3.05) is 19.0 Å². The van der Waals surface area contributed by atoms with Gasteiger partial charge in [0.2, 0.25) is 5.91 Å². The Morgan fingerprint density at radius 1 is 1.13 bits per heavy atom. The minimum atomic E-state index is -0.676. The van der Waals surface area contributed by atoms with Gasteiger partial charge in [0.15, 0.2) is 0 Å². The molecule has 9 nitrogen and oxygen atoms in total. The molecule has 1 heterocycles. The van der Waals surface area contributed by atoms with Gasteiger partial charge in [-0.1, -0.05) is 41.0 Å². The van der Waals surface area contributed by atoms with Gasteiger partial charge in [-0.2, -0.15) is 0 Å². The number of nitro groups is 1. The van der Waals surface area contributed by atoms with Crippen molar-refractivity contribution in [1.82, 2.24) is 4.90 Å². The molecule has 38 heavy (non-hydrogen) atoms. The first kappa shape index (κ1) is 27.5. The zero-order valence-corrected chi connectivity index (χ0v) is 22.6. The van der Waals surface area contributed by atoms with Crippen LogP contribution in [0, 0.1) is 10.1 Å². The van der Waals surface area contributed by atoms with Crippen LogP contribution in [-0.4, -0.2) is 40.5 Å². The first-order valence-electron chi connectivity index (χ1n) is 10.7. The normalized spacial score (nSPS) is 14.2. The summed E-state index contributed by atoms with van der Waals surface area (Å²) in [7, 11) is 1.46. The molecule has 4 rings (SSSR count). The number of methoxy groups -OCH3 is 1. The van der Waals surface area contributed by atoms with Gasteiger partial charge in [0, 0.05) is 21.7 Å². The summed E-state index contributed by atoms with van der Waals surface area (Å²) in [5.74, 6) is -0.850. The number of carbonyl (C=O) groups excluding carboxylic acids is 3. The van der Waals surface area contributed by atoms with E-state index < -0.39 is 28.5 Å². The second-order valence-electron chi connectivity index (χ2n) is 7.71. The van der Waals surface area contributed by atoms with E-state index in [2.05, 4.69) is 5.32 Å². The van der Waals surface area contributed by atoms with Gasteiger partial charge < -0.3 is 10.1 Å². The van der Waals surface area contributed by atoms with Gasteiger partial charge in [-0.15, -0.1) is 0 Å². The highest BCUT2D eigenvalue weighted by atomic mass is 35.5. The molecule has 0 unspecified atom stereocenters. The van der Waals surface area contributed by atoms with Crippen LogP contribution in [0.3, 0.4) is 0 Å².